The van der Waals surface area contributed by atoms with Crippen molar-refractivity contribution in [3.05, 3.63) is 58.6 Å². The lowest BCUT2D eigenvalue weighted by Crippen LogP contribution is -2.34. The molecule has 0 atom stereocenters. The van der Waals surface area contributed by atoms with Gasteiger partial charge in [-0.05, 0) is 69.3 Å². The van der Waals surface area contributed by atoms with Gasteiger partial charge in [-0.2, -0.15) is 0 Å². The Morgan fingerprint density at radius 3 is 1.45 bits per heavy atom. The van der Waals surface area contributed by atoms with E-state index in [0.29, 0.717) is 29.7 Å². The van der Waals surface area contributed by atoms with Gasteiger partial charge in [-0.3, -0.25) is 0 Å². The van der Waals surface area contributed by atoms with E-state index < -0.39 is 0 Å². The summed E-state index contributed by atoms with van der Waals surface area (Å²) in [6, 6.07) is 13.9. The van der Waals surface area contributed by atoms with Gasteiger partial charge in [0.2, 0.25) is 0 Å². The molecular weight excluding hydrogens is 411 g/mol. The number of carbonyl (C=O) groups excluding carboxylic acids is 2. The SMILES string of the molecule is CCN(C)C(=O)Nc1ccc(Cl)cc1.CCN(CC)C(=O)Nc1ccc(Cl)cc1. The highest BCUT2D eigenvalue weighted by molar-refractivity contribution is 6.30. The molecule has 0 spiro atoms. The molecule has 0 aromatic heterocycles. The first kappa shape index (κ1) is 24.6. The molecule has 0 aliphatic rings. The minimum Gasteiger partial charge on any atom is -0.328 e. The number of benzene rings is 2. The normalized spacial score (nSPS) is 9.72. The van der Waals surface area contributed by atoms with Crippen molar-refractivity contribution >= 4 is 46.6 Å². The molecule has 0 unspecified atom stereocenters. The summed E-state index contributed by atoms with van der Waals surface area (Å²) in [5, 5.41) is 6.87. The van der Waals surface area contributed by atoms with Crippen LogP contribution >= 0.6 is 23.2 Å². The number of nitrogens with zero attached hydrogens (tertiary/aromatic N) is 2. The van der Waals surface area contributed by atoms with E-state index in [1.807, 2.05) is 20.8 Å². The van der Waals surface area contributed by atoms with Gasteiger partial charge < -0.3 is 20.4 Å². The molecule has 6 nitrogen and oxygen atoms in total. The van der Waals surface area contributed by atoms with Crippen LogP contribution < -0.4 is 10.6 Å². The zero-order chi connectivity index (χ0) is 21.8. The standard InChI is InChI=1S/C11H15ClN2O.C10H13ClN2O/c1-3-14(4-2)11(15)13-10-7-5-9(12)6-8-10;1-3-13(2)10(14)12-9-6-4-8(11)5-7-9/h5-8H,3-4H2,1-2H3,(H,13,15);4-7H,3H2,1-2H3,(H,12,14). The van der Waals surface area contributed by atoms with Gasteiger partial charge in [-0.25, -0.2) is 9.59 Å². The van der Waals surface area contributed by atoms with Gasteiger partial charge >= 0.3 is 12.1 Å². The predicted octanol–water partition coefficient (Wildman–Crippen LogP) is 6.04. The Morgan fingerprint density at radius 2 is 1.10 bits per heavy atom. The van der Waals surface area contributed by atoms with Crippen molar-refractivity contribution in [1.82, 2.24) is 9.80 Å². The molecular formula is C21H28Cl2N4O2. The average Bonchev–Trinajstić information content (AvgIpc) is 2.72. The lowest BCUT2D eigenvalue weighted by molar-refractivity contribution is 0.217. The van der Waals surface area contributed by atoms with E-state index in [9.17, 15) is 9.59 Å². The molecule has 0 saturated carbocycles. The fourth-order valence-electron chi connectivity index (χ4n) is 2.14. The molecule has 0 saturated heterocycles. The zero-order valence-electron chi connectivity index (χ0n) is 17.2. The smallest absolute Gasteiger partial charge is 0.321 e. The minimum absolute atomic E-state index is 0.0812. The highest BCUT2D eigenvalue weighted by Gasteiger charge is 2.08. The van der Waals surface area contributed by atoms with Crippen LogP contribution in [0.5, 0.6) is 0 Å². The third kappa shape index (κ3) is 9.07. The van der Waals surface area contributed by atoms with Gasteiger partial charge in [-0.15, -0.1) is 0 Å². The second-order valence-electron chi connectivity index (χ2n) is 6.06. The third-order valence-corrected chi connectivity index (χ3v) is 4.57. The molecule has 8 heteroatoms. The van der Waals surface area contributed by atoms with Crippen molar-refractivity contribution in [1.29, 1.82) is 0 Å². The van der Waals surface area contributed by atoms with Gasteiger partial charge in [0, 0.05) is 48.1 Å². The first-order valence-electron chi connectivity index (χ1n) is 9.39. The van der Waals surface area contributed by atoms with Crippen molar-refractivity contribution in [2.75, 3.05) is 37.3 Å². The maximum Gasteiger partial charge on any atom is 0.321 e. The monoisotopic (exact) mass is 438 g/mol. The Bertz CT molecular complexity index is 763. The van der Waals surface area contributed by atoms with Crippen LogP contribution in [0.25, 0.3) is 0 Å². The Labute approximate surface area is 182 Å². The number of urea groups is 2. The molecule has 0 fully saturated rings. The Balaban J connectivity index is 0.000000291. The Morgan fingerprint density at radius 1 is 0.724 bits per heavy atom. The van der Waals surface area contributed by atoms with Gasteiger partial charge in [0.15, 0.2) is 0 Å². The van der Waals surface area contributed by atoms with Crippen molar-refractivity contribution in [3.8, 4) is 0 Å². The molecule has 0 heterocycles. The van der Waals surface area contributed by atoms with E-state index in [-0.39, 0.29) is 12.1 Å². The van der Waals surface area contributed by atoms with Crippen LogP contribution in [0.3, 0.4) is 0 Å². The van der Waals surface area contributed by atoms with Crippen molar-refractivity contribution in [3.63, 3.8) is 0 Å². The molecule has 0 aliphatic heterocycles. The molecule has 2 aromatic carbocycles. The van der Waals surface area contributed by atoms with Crippen LogP contribution in [-0.4, -0.2) is 48.5 Å². The average molecular weight is 439 g/mol. The summed E-state index contributed by atoms with van der Waals surface area (Å²) in [5.41, 5.74) is 1.51. The van der Waals surface area contributed by atoms with Crippen molar-refractivity contribution < 1.29 is 9.59 Å². The van der Waals surface area contributed by atoms with Crippen molar-refractivity contribution in [2.24, 2.45) is 0 Å². The summed E-state index contributed by atoms with van der Waals surface area (Å²) in [5.74, 6) is 0. The fraction of sp³-hybridized carbons (Fsp3) is 0.333. The van der Waals surface area contributed by atoms with E-state index >= 15 is 0 Å². The summed E-state index contributed by atoms with van der Waals surface area (Å²) >= 11 is 11.5. The number of hydrogen-bond donors (Lipinski definition) is 2. The number of carbonyl (C=O) groups is 2. The van der Waals surface area contributed by atoms with Crippen LogP contribution in [0.4, 0.5) is 21.0 Å². The quantitative estimate of drug-likeness (QED) is 0.597. The second-order valence-corrected chi connectivity index (χ2v) is 6.93. The predicted molar refractivity (Wildman–Crippen MR) is 122 cm³/mol. The molecule has 0 bridgehead atoms. The lowest BCUT2D eigenvalue weighted by Gasteiger charge is -2.19. The van der Waals surface area contributed by atoms with Crippen LogP contribution in [0.15, 0.2) is 48.5 Å². The summed E-state index contributed by atoms with van der Waals surface area (Å²) < 4.78 is 0. The molecule has 4 amide bonds. The fourth-order valence-corrected chi connectivity index (χ4v) is 2.39. The van der Waals surface area contributed by atoms with Crippen LogP contribution in [0.2, 0.25) is 10.0 Å². The van der Waals surface area contributed by atoms with E-state index in [2.05, 4.69) is 10.6 Å². The number of hydrogen-bond acceptors (Lipinski definition) is 2. The second kappa shape index (κ2) is 12.9. The molecule has 29 heavy (non-hydrogen) atoms. The first-order chi connectivity index (χ1) is 13.8. The highest BCUT2D eigenvalue weighted by Crippen LogP contribution is 2.14. The summed E-state index contributed by atoms with van der Waals surface area (Å²) in [6.07, 6.45) is 0. The van der Waals surface area contributed by atoms with Gasteiger partial charge in [0.05, 0.1) is 0 Å². The summed E-state index contributed by atoms with van der Waals surface area (Å²) in [6.45, 7) is 7.91. The summed E-state index contributed by atoms with van der Waals surface area (Å²) in [4.78, 5) is 26.4. The molecule has 0 radical (unpaired) electrons. The number of halogens is 2. The minimum atomic E-state index is -0.116. The number of anilines is 2. The Hall–Kier alpha value is -2.44. The molecule has 2 N–H and O–H groups in total. The van der Waals surface area contributed by atoms with E-state index in [1.165, 1.54) is 0 Å². The maximum absolute atomic E-state index is 11.6. The van der Waals surface area contributed by atoms with Crippen LogP contribution in [0.1, 0.15) is 20.8 Å². The van der Waals surface area contributed by atoms with Gasteiger partial charge in [0.25, 0.3) is 0 Å². The third-order valence-electron chi connectivity index (χ3n) is 4.06. The number of nitrogens with one attached hydrogen (secondary N) is 2. The van der Waals surface area contributed by atoms with E-state index in [0.717, 1.165) is 11.4 Å². The number of rotatable bonds is 5. The zero-order valence-corrected chi connectivity index (χ0v) is 18.7. The first-order valence-corrected chi connectivity index (χ1v) is 10.1. The maximum atomic E-state index is 11.6. The molecule has 2 aromatic rings. The lowest BCUT2D eigenvalue weighted by atomic mass is 10.3. The molecule has 158 valence electrons. The van der Waals surface area contributed by atoms with E-state index in [1.54, 1.807) is 65.4 Å². The summed E-state index contributed by atoms with van der Waals surface area (Å²) in [7, 11) is 1.74. The van der Waals surface area contributed by atoms with E-state index in [4.69, 9.17) is 23.2 Å². The van der Waals surface area contributed by atoms with Crippen molar-refractivity contribution in [2.45, 2.75) is 20.8 Å². The Kier molecular flexibility index (Phi) is 10.9. The topological polar surface area (TPSA) is 64.7 Å². The van der Waals surface area contributed by atoms with Crippen LogP contribution in [-0.2, 0) is 0 Å². The van der Waals surface area contributed by atoms with Gasteiger partial charge in [0.1, 0.15) is 0 Å². The largest absolute Gasteiger partial charge is 0.328 e. The van der Waals surface area contributed by atoms with Crippen LogP contribution in [0, 0.1) is 0 Å². The highest BCUT2D eigenvalue weighted by atomic mass is 35.5. The number of amides is 4. The molecule has 2 rings (SSSR count). The van der Waals surface area contributed by atoms with Gasteiger partial charge in [-0.1, -0.05) is 23.2 Å². The molecule has 0 aliphatic carbocycles.